The molecule has 0 atom stereocenters. The summed E-state index contributed by atoms with van der Waals surface area (Å²) in [6.07, 6.45) is 0. The van der Waals surface area contributed by atoms with Gasteiger partial charge in [-0.3, -0.25) is 0 Å². The quantitative estimate of drug-likeness (QED) is 0.676. The highest BCUT2D eigenvalue weighted by molar-refractivity contribution is 5.74. The summed E-state index contributed by atoms with van der Waals surface area (Å²) in [7, 11) is 3.48. The maximum atomic E-state index is 11.9. The second kappa shape index (κ2) is 7.51. The number of carbonyl (C=O) groups is 1. The lowest BCUT2D eigenvalue weighted by molar-refractivity contribution is 0.126. The minimum Gasteiger partial charge on any atom is -0.383 e. The molecule has 0 N–H and O–H groups in total. The summed E-state index contributed by atoms with van der Waals surface area (Å²) in [4.78, 5) is 15.5. The Morgan fingerprint density at radius 2 is 2.00 bits per heavy atom. The Balaban J connectivity index is 4.26. The molecule has 2 amide bonds. The Labute approximate surface area is 93.2 Å². The van der Waals surface area contributed by atoms with Gasteiger partial charge in [-0.2, -0.15) is 0 Å². The molecule has 0 bridgehead atoms. The van der Waals surface area contributed by atoms with E-state index in [0.29, 0.717) is 19.1 Å². The van der Waals surface area contributed by atoms with Gasteiger partial charge < -0.3 is 14.5 Å². The molecule has 0 aliphatic carbocycles. The van der Waals surface area contributed by atoms with E-state index >= 15 is 0 Å². The molecule has 0 aliphatic heterocycles. The fourth-order valence-electron chi connectivity index (χ4n) is 1.28. The van der Waals surface area contributed by atoms with Crippen molar-refractivity contribution in [2.45, 2.75) is 20.8 Å². The first kappa shape index (κ1) is 14.2. The maximum Gasteiger partial charge on any atom is 0.319 e. The number of hydrogen-bond donors (Lipinski definition) is 0. The van der Waals surface area contributed by atoms with Crippen LogP contribution in [0.25, 0.3) is 0 Å². The molecule has 0 saturated heterocycles. The molecule has 0 aliphatic rings. The third-order valence-electron chi connectivity index (χ3n) is 2.22. The predicted molar refractivity (Wildman–Crippen MR) is 62.0 cm³/mol. The molecule has 0 aromatic rings. The first-order chi connectivity index (χ1) is 7.02. The third-order valence-corrected chi connectivity index (χ3v) is 2.22. The van der Waals surface area contributed by atoms with Crippen LogP contribution in [0.3, 0.4) is 0 Å². The zero-order valence-electron chi connectivity index (χ0n) is 10.6. The molecule has 0 aromatic heterocycles. The van der Waals surface area contributed by atoms with Crippen LogP contribution in [0.2, 0.25) is 0 Å². The zero-order chi connectivity index (χ0) is 11.8. The molecular weight excluding hydrogens is 192 g/mol. The van der Waals surface area contributed by atoms with Crippen LogP contribution in [0, 0.1) is 5.92 Å². The van der Waals surface area contributed by atoms with Crippen LogP contribution < -0.4 is 0 Å². The summed E-state index contributed by atoms with van der Waals surface area (Å²) in [5.74, 6) is 0.482. The monoisotopic (exact) mass is 216 g/mol. The van der Waals surface area contributed by atoms with Crippen LogP contribution in [0.1, 0.15) is 20.8 Å². The Kier molecular flexibility index (Phi) is 7.13. The van der Waals surface area contributed by atoms with Crippen LogP contribution in [0.4, 0.5) is 4.79 Å². The SMILES string of the molecule is CCN(C)C(=O)N(CCOC)CC(C)C. The van der Waals surface area contributed by atoms with Crippen LogP contribution in [0.5, 0.6) is 0 Å². The first-order valence-electron chi connectivity index (χ1n) is 5.51. The maximum absolute atomic E-state index is 11.9. The van der Waals surface area contributed by atoms with Gasteiger partial charge in [0, 0.05) is 33.8 Å². The van der Waals surface area contributed by atoms with Crippen molar-refractivity contribution in [1.29, 1.82) is 0 Å². The van der Waals surface area contributed by atoms with Crippen molar-refractivity contribution >= 4 is 6.03 Å². The summed E-state index contributed by atoms with van der Waals surface area (Å²) in [5, 5.41) is 0. The van der Waals surface area contributed by atoms with E-state index < -0.39 is 0 Å². The number of carbonyl (C=O) groups excluding carboxylic acids is 1. The third kappa shape index (κ3) is 5.62. The van der Waals surface area contributed by atoms with Gasteiger partial charge in [-0.05, 0) is 12.8 Å². The number of urea groups is 1. The standard InChI is InChI=1S/C11H24N2O2/c1-6-12(4)11(14)13(7-8-15-5)9-10(2)3/h10H,6-9H2,1-5H3. The van der Waals surface area contributed by atoms with E-state index in [1.807, 2.05) is 18.9 Å². The molecule has 4 nitrogen and oxygen atoms in total. The molecule has 15 heavy (non-hydrogen) atoms. The molecule has 0 radical (unpaired) electrons. The van der Waals surface area contributed by atoms with Gasteiger partial charge in [0.05, 0.1) is 6.61 Å². The highest BCUT2D eigenvalue weighted by Crippen LogP contribution is 2.02. The van der Waals surface area contributed by atoms with Crippen LogP contribution in [-0.2, 0) is 4.74 Å². The van der Waals surface area contributed by atoms with E-state index in [1.54, 1.807) is 12.0 Å². The van der Waals surface area contributed by atoms with Crippen molar-refractivity contribution in [3.8, 4) is 0 Å². The normalized spacial score (nSPS) is 10.5. The van der Waals surface area contributed by atoms with Crippen molar-refractivity contribution < 1.29 is 9.53 Å². The number of nitrogens with zero attached hydrogens (tertiary/aromatic N) is 2. The second-order valence-electron chi connectivity index (χ2n) is 4.13. The van der Waals surface area contributed by atoms with Gasteiger partial charge in [-0.15, -0.1) is 0 Å². The molecule has 0 fully saturated rings. The van der Waals surface area contributed by atoms with Gasteiger partial charge in [0.15, 0.2) is 0 Å². The zero-order valence-corrected chi connectivity index (χ0v) is 10.6. The molecule has 0 unspecified atom stereocenters. The van der Waals surface area contributed by atoms with Crippen molar-refractivity contribution in [2.24, 2.45) is 5.92 Å². The molecule has 0 heterocycles. The van der Waals surface area contributed by atoms with E-state index in [4.69, 9.17) is 4.74 Å². The molecule has 0 saturated carbocycles. The first-order valence-corrected chi connectivity index (χ1v) is 5.51. The molecule has 4 heteroatoms. The predicted octanol–water partition coefficient (Wildman–Crippen LogP) is 1.66. The Bertz CT molecular complexity index is 183. The average Bonchev–Trinajstić information content (AvgIpc) is 2.21. The van der Waals surface area contributed by atoms with Gasteiger partial charge in [-0.1, -0.05) is 13.8 Å². The lowest BCUT2D eigenvalue weighted by atomic mass is 10.2. The largest absolute Gasteiger partial charge is 0.383 e. The fraction of sp³-hybridized carbons (Fsp3) is 0.909. The summed E-state index contributed by atoms with van der Waals surface area (Å²) < 4.78 is 5.01. The summed E-state index contributed by atoms with van der Waals surface area (Å²) >= 11 is 0. The van der Waals surface area contributed by atoms with Crippen molar-refractivity contribution in [3.63, 3.8) is 0 Å². The van der Waals surface area contributed by atoms with Gasteiger partial charge in [0.2, 0.25) is 0 Å². The lowest BCUT2D eigenvalue weighted by Gasteiger charge is -2.28. The Hall–Kier alpha value is -0.770. The number of amides is 2. The van der Waals surface area contributed by atoms with E-state index in [0.717, 1.165) is 13.1 Å². The smallest absolute Gasteiger partial charge is 0.319 e. The fourth-order valence-corrected chi connectivity index (χ4v) is 1.28. The van der Waals surface area contributed by atoms with Gasteiger partial charge in [0.1, 0.15) is 0 Å². The van der Waals surface area contributed by atoms with E-state index in [-0.39, 0.29) is 6.03 Å². The molecule has 0 spiro atoms. The number of rotatable bonds is 6. The average molecular weight is 216 g/mol. The number of ether oxygens (including phenoxy) is 1. The minimum absolute atomic E-state index is 0.0863. The molecule has 0 rings (SSSR count). The highest BCUT2D eigenvalue weighted by Gasteiger charge is 2.17. The van der Waals surface area contributed by atoms with Gasteiger partial charge >= 0.3 is 6.03 Å². The van der Waals surface area contributed by atoms with Crippen LogP contribution in [0.15, 0.2) is 0 Å². The lowest BCUT2D eigenvalue weighted by Crippen LogP contribution is -2.44. The van der Waals surface area contributed by atoms with E-state index in [2.05, 4.69) is 13.8 Å². The van der Waals surface area contributed by atoms with Crippen molar-refractivity contribution in [2.75, 3.05) is 40.4 Å². The molecular formula is C11H24N2O2. The summed E-state index contributed by atoms with van der Waals surface area (Å²) in [6.45, 7) is 8.97. The van der Waals surface area contributed by atoms with Crippen molar-refractivity contribution in [3.05, 3.63) is 0 Å². The molecule has 0 aromatic carbocycles. The second-order valence-corrected chi connectivity index (χ2v) is 4.13. The van der Waals surface area contributed by atoms with Crippen LogP contribution in [-0.4, -0.2) is 56.2 Å². The van der Waals surface area contributed by atoms with Gasteiger partial charge in [-0.25, -0.2) is 4.79 Å². The van der Waals surface area contributed by atoms with Crippen molar-refractivity contribution in [1.82, 2.24) is 9.80 Å². The van der Waals surface area contributed by atoms with Gasteiger partial charge in [0.25, 0.3) is 0 Å². The summed E-state index contributed by atoms with van der Waals surface area (Å²) in [5.41, 5.74) is 0. The number of hydrogen-bond acceptors (Lipinski definition) is 2. The minimum atomic E-state index is 0.0863. The Morgan fingerprint density at radius 3 is 2.40 bits per heavy atom. The topological polar surface area (TPSA) is 32.8 Å². The van der Waals surface area contributed by atoms with E-state index in [1.165, 1.54) is 0 Å². The summed E-state index contributed by atoms with van der Waals surface area (Å²) in [6, 6.07) is 0.0863. The Morgan fingerprint density at radius 1 is 1.40 bits per heavy atom. The highest BCUT2D eigenvalue weighted by atomic mass is 16.5. The van der Waals surface area contributed by atoms with Crippen LogP contribution >= 0.6 is 0 Å². The van der Waals surface area contributed by atoms with E-state index in [9.17, 15) is 4.79 Å². The molecule has 90 valence electrons. The number of methoxy groups -OCH3 is 1.